The van der Waals surface area contributed by atoms with E-state index < -0.39 is 0 Å². The van der Waals surface area contributed by atoms with Crippen LogP contribution in [0.1, 0.15) is 12.0 Å². The SMILES string of the molecule is SCCC=Cc1coc2ccccc12. The summed E-state index contributed by atoms with van der Waals surface area (Å²) in [6, 6.07) is 8.05. The number of allylic oxidation sites excluding steroid dienone is 1. The molecule has 0 N–H and O–H groups in total. The Morgan fingerprint density at radius 1 is 1.29 bits per heavy atom. The van der Waals surface area contributed by atoms with Gasteiger partial charge in [0.05, 0.1) is 6.26 Å². The van der Waals surface area contributed by atoms with E-state index in [2.05, 4.69) is 30.8 Å². The van der Waals surface area contributed by atoms with Gasteiger partial charge in [-0.05, 0) is 18.2 Å². The van der Waals surface area contributed by atoms with E-state index in [0.29, 0.717) is 0 Å². The van der Waals surface area contributed by atoms with Crippen molar-refractivity contribution < 1.29 is 4.42 Å². The number of benzene rings is 1. The molecule has 0 unspecified atom stereocenters. The zero-order valence-electron chi connectivity index (χ0n) is 7.81. The van der Waals surface area contributed by atoms with Crippen LogP contribution in [0.25, 0.3) is 17.0 Å². The van der Waals surface area contributed by atoms with Crippen LogP contribution in [0.5, 0.6) is 0 Å². The van der Waals surface area contributed by atoms with Gasteiger partial charge >= 0.3 is 0 Å². The number of rotatable bonds is 3. The normalized spacial score (nSPS) is 11.5. The highest BCUT2D eigenvalue weighted by atomic mass is 32.1. The quantitative estimate of drug-likeness (QED) is 0.751. The molecule has 1 aromatic heterocycles. The van der Waals surface area contributed by atoms with Crippen LogP contribution in [0, 0.1) is 0 Å². The summed E-state index contributed by atoms with van der Waals surface area (Å²) in [5, 5.41) is 1.17. The fraction of sp³-hybridized carbons (Fsp3) is 0.167. The Bertz CT molecular complexity index is 442. The third-order valence-corrected chi connectivity index (χ3v) is 2.36. The average molecular weight is 204 g/mol. The van der Waals surface area contributed by atoms with Gasteiger partial charge in [-0.2, -0.15) is 12.6 Å². The largest absolute Gasteiger partial charge is 0.464 e. The summed E-state index contributed by atoms with van der Waals surface area (Å²) in [6.07, 6.45) is 6.98. The first-order valence-corrected chi connectivity index (χ1v) is 5.28. The van der Waals surface area contributed by atoms with Crippen LogP contribution in [0.15, 0.2) is 41.0 Å². The van der Waals surface area contributed by atoms with E-state index in [1.165, 1.54) is 5.39 Å². The molecule has 0 aliphatic heterocycles. The Kier molecular flexibility index (Phi) is 2.94. The number of hydrogen-bond donors (Lipinski definition) is 1. The second kappa shape index (κ2) is 4.38. The molecule has 0 saturated heterocycles. The van der Waals surface area contributed by atoms with Gasteiger partial charge in [-0.3, -0.25) is 0 Å². The van der Waals surface area contributed by atoms with Crippen molar-refractivity contribution in [3.63, 3.8) is 0 Å². The van der Waals surface area contributed by atoms with Crippen molar-refractivity contribution >= 4 is 29.7 Å². The van der Waals surface area contributed by atoms with Gasteiger partial charge in [0.15, 0.2) is 0 Å². The maximum absolute atomic E-state index is 5.41. The standard InChI is InChI=1S/C12H12OS/c14-8-4-3-5-10-9-13-12-7-2-1-6-11(10)12/h1-3,5-7,9,14H,4,8H2. The van der Waals surface area contributed by atoms with E-state index in [1.54, 1.807) is 6.26 Å². The average Bonchev–Trinajstić information content (AvgIpc) is 2.63. The molecule has 2 heteroatoms. The molecule has 1 nitrogen and oxygen atoms in total. The molecule has 1 heterocycles. The first-order valence-electron chi connectivity index (χ1n) is 4.65. The number of para-hydroxylation sites is 1. The van der Waals surface area contributed by atoms with Gasteiger partial charge in [0.2, 0.25) is 0 Å². The lowest BCUT2D eigenvalue weighted by Gasteiger charge is -1.88. The Balaban J connectivity index is 2.34. The lowest BCUT2D eigenvalue weighted by Crippen LogP contribution is -1.69. The maximum atomic E-state index is 5.41. The van der Waals surface area contributed by atoms with Crippen LogP contribution >= 0.6 is 12.6 Å². The summed E-state index contributed by atoms with van der Waals surface area (Å²) in [5.41, 5.74) is 2.08. The van der Waals surface area contributed by atoms with Gasteiger partial charge in [0.1, 0.15) is 5.58 Å². The highest BCUT2D eigenvalue weighted by Gasteiger charge is 2.00. The van der Waals surface area contributed by atoms with Crippen molar-refractivity contribution in [2.24, 2.45) is 0 Å². The summed E-state index contributed by atoms with van der Waals surface area (Å²) < 4.78 is 5.41. The van der Waals surface area contributed by atoms with Crippen LogP contribution in [0.2, 0.25) is 0 Å². The molecule has 1 aromatic carbocycles. The zero-order valence-corrected chi connectivity index (χ0v) is 8.71. The third kappa shape index (κ3) is 1.85. The molecule has 0 aliphatic carbocycles. The molecule has 2 rings (SSSR count). The minimum Gasteiger partial charge on any atom is -0.464 e. The van der Waals surface area contributed by atoms with E-state index in [9.17, 15) is 0 Å². The zero-order chi connectivity index (χ0) is 9.80. The van der Waals surface area contributed by atoms with E-state index >= 15 is 0 Å². The Labute approximate surface area is 88.8 Å². The molecule has 2 aromatic rings. The fourth-order valence-corrected chi connectivity index (χ4v) is 1.56. The summed E-state index contributed by atoms with van der Waals surface area (Å²) >= 11 is 4.15. The summed E-state index contributed by atoms with van der Waals surface area (Å²) in [4.78, 5) is 0. The predicted octanol–water partition coefficient (Wildman–Crippen LogP) is 3.77. The number of hydrogen-bond acceptors (Lipinski definition) is 2. The Morgan fingerprint density at radius 2 is 2.14 bits per heavy atom. The second-order valence-electron chi connectivity index (χ2n) is 3.10. The summed E-state index contributed by atoms with van der Waals surface area (Å²) in [5.74, 6) is 0.881. The van der Waals surface area contributed by atoms with E-state index in [1.807, 2.05) is 18.2 Å². The van der Waals surface area contributed by atoms with E-state index in [4.69, 9.17) is 4.42 Å². The Morgan fingerprint density at radius 3 is 3.00 bits per heavy atom. The highest BCUT2D eigenvalue weighted by Crippen LogP contribution is 2.21. The molecule has 0 fully saturated rings. The molecule has 0 spiro atoms. The van der Waals surface area contributed by atoms with Crippen molar-refractivity contribution in [3.05, 3.63) is 42.2 Å². The highest BCUT2D eigenvalue weighted by molar-refractivity contribution is 7.80. The molecule has 14 heavy (non-hydrogen) atoms. The Hall–Kier alpha value is -1.15. The van der Waals surface area contributed by atoms with Gasteiger partial charge in [-0.1, -0.05) is 30.4 Å². The van der Waals surface area contributed by atoms with E-state index in [0.717, 1.165) is 23.3 Å². The first kappa shape index (κ1) is 9.41. The molecule has 72 valence electrons. The van der Waals surface area contributed by atoms with Crippen molar-refractivity contribution in [2.75, 3.05) is 5.75 Å². The predicted molar refractivity (Wildman–Crippen MR) is 63.7 cm³/mol. The molecular formula is C12H12OS. The topological polar surface area (TPSA) is 13.1 Å². The summed E-state index contributed by atoms with van der Waals surface area (Å²) in [6.45, 7) is 0. The molecule has 0 bridgehead atoms. The smallest absolute Gasteiger partial charge is 0.134 e. The van der Waals surface area contributed by atoms with Crippen LogP contribution in [0.3, 0.4) is 0 Å². The summed E-state index contributed by atoms with van der Waals surface area (Å²) in [7, 11) is 0. The van der Waals surface area contributed by atoms with Crippen molar-refractivity contribution in [2.45, 2.75) is 6.42 Å². The van der Waals surface area contributed by atoms with Crippen LogP contribution < -0.4 is 0 Å². The van der Waals surface area contributed by atoms with E-state index in [-0.39, 0.29) is 0 Å². The number of fused-ring (bicyclic) bond motifs is 1. The van der Waals surface area contributed by atoms with Gasteiger partial charge in [-0.15, -0.1) is 0 Å². The maximum Gasteiger partial charge on any atom is 0.134 e. The second-order valence-corrected chi connectivity index (χ2v) is 3.55. The molecule has 0 atom stereocenters. The van der Waals surface area contributed by atoms with Crippen molar-refractivity contribution in [1.82, 2.24) is 0 Å². The van der Waals surface area contributed by atoms with Crippen LogP contribution in [0.4, 0.5) is 0 Å². The monoisotopic (exact) mass is 204 g/mol. The molecule has 0 amide bonds. The lowest BCUT2D eigenvalue weighted by atomic mass is 10.1. The minimum atomic E-state index is 0.881. The minimum absolute atomic E-state index is 0.881. The van der Waals surface area contributed by atoms with Crippen LogP contribution in [-0.2, 0) is 0 Å². The van der Waals surface area contributed by atoms with Crippen LogP contribution in [-0.4, -0.2) is 5.75 Å². The van der Waals surface area contributed by atoms with Gasteiger partial charge in [0, 0.05) is 10.9 Å². The number of thiol groups is 1. The third-order valence-electron chi connectivity index (χ3n) is 2.10. The first-order chi connectivity index (χ1) is 6.92. The molecule has 0 radical (unpaired) electrons. The van der Waals surface area contributed by atoms with Crippen molar-refractivity contribution in [1.29, 1.82) is 0 Å². The van der Waals surface area contributed by atoms with Gasteiger partial charge in [-0.25, -0.2) is 0 Å². The lowest BCUT2D eigenvalue weighted by molar-refractivity contribution is 0.615. The molecule has 0 aliphatic rings. The fourth-order valence-electron chi connectivity index (χ4n) is 1.41. The van der Waals surface area contributed by atoms with Gasteiger partial charge in [0.25, 0.3) is 0 Å². The molecule has 0 saturated carbocycles. The number of furan rings is 1. The molecular weight excluding hydrogens is 192 g/mol. The van der Waals surface area contributed by atoms with Gasteiger partial charge < -0.3 is 4.42 Å². The van der Waals surface area contributed by atoms with Crippen molar-refractivity contribution in [3.8, 4) is 0 Å².